The molecule has 0 aliphatic carbocycles. The summed E-state index contributed by atoms with van der Waals surface area (Å²) in [6, 6.07) is 5.87. The number of carbonyl (C=O) groups is 1. The molecule has 1 atom stereocenters. The number of benzene rings is 1. The minimum absolute atomic E-state index is 0.0941. The molecule has 0 unspecified atom stereocenters. The predicted molar refractivity (Wildman–Crippen MR) is 96.2 cm³/mol. The average molecular weight is 377 g/mol. The van der Waals surface area contributed by atoms with Crippen molar-refractivity contribution in [3.63, 3.8) is 0 Å². The molecular weight excluding hydrogens is 354 g/mol. The third-order valence-electron chi connectivity index (χ3n) is 4.44. The van der Waals surface area contributed by atoms with Crippen LogP contribution in [0.25, 0.3) is 0 Å². The van der Waals surface area contributed by atoms with Crippen LogP contribution in [-0.2, 0) is 21.3 Å². The SMILES string of the molecule is CCCOC(=O)c1ccc(S(=O)(=O)N2CCC[C@@H]2Cn2ccnc2)cc1. The number of carbonyl (C=O) groups excluding carboxylic acids is 1. The van der Waals surface area contributed by atoms with Gasteiger partial charge in [-0.1, -0.05) is 6.92 Å². The van der Waals surface area contributed by atoms with Crippen LogP contribution in [0.4, 0.5) is 0 Å². The van der Waals surface area contributed by atoms with Gasteiger partial charge in [-0.2, -0.15) is 4.31 Å². The minimum Gasteiger partial charge on any atom is -0.462 e. The molecule has 0 radical (unpaired) electrons. The summed E-state index contributed by atoms with van der Waals surface area (Å²) in [6.07, 6.45) is 7.61. The molecule has 0 amide bonds. The third kappa shape index (κ3) is 3.96. The first-order valence-electron chi connectivity index (χ1n) is 8.77. The molecular formula is C18H23N3O4S. The molecule has 1 saturated heterocycles. The van der Waals surface area contributed by atoms with Crippen LogP contribution in [0.5, 0.6) is 0 Å². The van der Waals surface area contributed by atoms with E-state index in [2.05, 4.69) is 4.98 Å². The van der Waals surface area contributed by atoms with Crippen LogP contribution >= 0.6 is 0 Å². The van der Waals surface area contributed by atoms with Gasteiger partial charge in [0.1, 0.15) is 0 Å². The zero-order chi connectivity index (χ0) is 18.6. The number of hydrogen-bond acceptors (Lipinski definition) is 5. The van der Waals surface area contributed by atoms with E-state index in [1.54, 1.807) is 16.8 Å². The van der Waals surface area contributed by atoms with Crippen LogP contribution in [0.1, 0.15) is 36.5 Å². The Morgan fingerprint density at radius 1 is 1.31 bits per heavy atom. The van der Waals surface area contributed by atoms with Gasteiger partial charge in [0.15, 0.2) is 0 Å². The second kappa shape index (κ2) is 8.01. The van der Waals surface area contributed by atoms with Crippen molar-refractivity contribution in [2.45, 2.75) is 43.7 Å². The Hall–Kier alpha value is -2.19. The Morgan fingerprint density at radius 2 is 2.08 bits per heavy atom. The van der Waals surface area contributed by atoms with Gasteiger partial charge in [0.25, 0.3) is 0 Å². The Balaban J connectivity index is 1.75. The lowest BCUT2D eigenvalue weighted by atomic mass is 10.2. The second-order valence-electron chi connectivity index (χ2n) is 6.33. The van der Waals surface area contributed by atoms with E-state index in [9.17, 15) is 13.2 Å². The Labute approximate surface area is 153 Å². The van der Waals surface area contributed by atoms with E-state index in [1.165, 1.54) is 24.3 Å². The second-order valence-corrected chi connectivity index (χ2v) is 8.22. The normalized spacial score (nSPS) is 18.1. The van der Waals surface area contributed by atoms with E-state index in [-0.39, 0.29) is 10.9 Å². The number of sulfonamides is 1. The maximum absolute atomic E-state index is 13.0. The van der Waals surface area contributed by atoms with Gasteiger partial charge < -0.3 is 9.30 Å². The van der Waals surface area contributed by atoms with Crippen LogP contribution in [0, 0.1) is 0 Å². The number of rotatable bonds is 7. The highest BCUT2D eigenvalue weighted by atomic mass is 32.2. The van der Waals surface area contributed by atoms with Crippen LogP contribution in [-0.4, -0.2) is 47.4 Å². The van der Waals surface area contributed by atoms with Crippen molar-refractivity contribution < 1.29 is 17.9 Å². The lowest BCUT2D eigenvalue weighted by Gasteiger charge is -2.24. The summed E-state index contributed by atoms with van der Waals surface area (Å²) in [7, 11) is -3.60. The van der Waals surface area contributed by atoms with Crippen LogP contribution in [0.15, 0.2) is 47.9 Å². The predicted octanol–water partition coefficient (Wildman–Crippen LogP) is 2.30. The first kappa shape index (κ1) is 18.6. The van der Waals surface area contributed by atoms with E-state index in [0.717, 1.165) is 19.3 Å². The molecule has 1 aromatic carbocycles. The monoisotopic (exact) mass is 377 g/mol. The third-order valence-corrected chi connectivity index (χ3v) is 6.40. The van der Waals surface area contributed by atoms with Crippen molar-refractivity contribution >= 4 is 16.0 Å². The molecule has 0 bridgehead atoms. The largest absolute Gasteiger partial charge is 0.462 e. The number of nitrogens with zero attached hydrogens (tertiary/aromatic N) is 3. The molecule has 8 heteroatoms. The lowest BCUT2D eigenvalue weighted by Crippen LogP contribution is -2.37. The molecule has 1 aliphatic rings. The van der Waals surface area contributed by atoms with Gasteiger partial charge in [-0.15, -0.1) is 0 Å². The fraction of sp³-hybridized carbons (Fsp3) is 0.444. The Bertz CT molecular complexity index is 832. The molecule has 1 aliphatic heterocycles. The summed E-state index contributed by atoms with van der Waals surface area (Å²) in [5, 5.41) is 0. The lowest BCUT2D eigenvalue weighted by molar-refractivity contribution is 0.0505. The first-order valence-corrected chi connectivity index (χ1v) is 10.2. The van der Waals surface area contributed by atoms with Gasteiger partial charge in [0.05, 0.1) is 23.4 Å². The molecule has 140 valence electrons. The van der Waals surface area contributed by atoms with E-state index in [0.29, 0.717) is 25.3 Å². The summed E-state index contributed by atoms with van der Waals surface area (Å²) in [5.41, 5.74) is 0.355. The van der Waals surface area contributed by atoms with Crippen LogP contribution < -0.4 is 0 Å². The van der Waals surface area contributed by atoms with Gasteiger partial charge in [0.2, 0.25) is 10.0 Å². The fourth-order valence-corrected chi connectivity index (χ4v) is 4.81. The molecule has 0 spiro atoms. The fourth-order valence-electron chi connectivity index (χ4n) is 3.12. The molecule has 26 heavy (non-hydrogen) atoms. The molecule has 0 saturated carbocycles. The number of ether oxygens (including phenoxy) is 1. The van der Waals surface area contributed by atoms with Crippen molar-refractivity contribution in [3.05, 3.63) is 48.5 Å². The molecule has 2 heterocycles. The Morgan fingerprint density at radius 3 is 2.73 bits per heavy atom. The molecule has 0 N–H and O–H groups in total. The molecule has 1 aromatic heterocycles. The quantitative estimate of drug-likeness (QED) is 0.692. The van der Waals surface area contributed by atoms with Gasteiger partial charge >= 0.3 is 5.97 Å². The number of imidazole rings is 1. The van der Waals surface area contributed by atoms with Crippen molar-refractivity contribution in [2.75, 3.05) is 13.2 Å². The summed E-state index contributed by atoms with van der Waals surface area (Å²) in [4.78, 5) is 16.1. The minimum atomic E-state index is -3.60. The summed E-state index contributed by atoms with van der Waals surface area (Å²) >= 11 is 0. The number of hydrogen-bond donors (Lipinski definition) is 0. The highest BCUT2D eigenvalue weighted by Gasteiger charge is 2.35. The summed E-state index contributed by atoms with van der Waals surface area (Å²) in [6.45, 7) is 3.35. The zero-order valence-corrected chi connectivity index (χ0v) is 15.6. The van der Waals surface area contributed by atoms with E-state index < -0.39 is 16.0 Å². The molecule has 7 nitrogen and oxygen atoms in total. The van der Waals surface area contributed by atoms with Crippen LogP contribution in [0.2, 0.25) is 0 Å². The van der Waals surface area contributed by atoms with E-state index >= 15 is 0 Å². The van der Waals surface area contributed by atoms with Gasteiger partial charge in [0, 0.05) is 31.5 Å². The topological polar surface area (TPSA) is 81.5 Å². The highest BCUT2D eigenvalue weighted by Crippen LogP contribution is 2.27. The van der Waals surface area contributed by atoms with Crippen molar-refractivity contribution in [1.29, 1.82) is 0 Å². The van der Waals surface area contributed by atoms with Crippen molar-refractivity contribution in [3.8, 4) is 0 Å². The highest BCUT2D eigenvalue weighted by molar-refractivity contribution is 7.89. The maximum atomic E-state index is 13.0. The zero-order valence-electron chi connectivity index (χ0n) is 14.7. The smallest absolute Gasteiger partial charge is 0.338 e. The molecule has 3 rings (SSSR count). The van der Waals surface area contributed by atoms with Gasteiger partial charge in [-0.05, 0) is 43.5 Å². The van der Waals surface area contributed by atoms with E-state index in [1.807, 2.05) is 17.7 Å². The molecule has 1 fully saturated rings. The Kier molecular flexibility index (Phi) is 5.73. The summed E-state index contributed by atoms with van der Waals surface area (Å²) < 4.78 is 34.5. The van der Waals surface area contributed by atoms with Crippen molar-refractivity contribution in [1.82, 2.24) is 13.9 Å². The number of aromatic nitrogens is 2. The molecule has 2 aromatic rings. The summed E-state index contributed by atoms with van der Waals surface area (Å²) in [5.74, 6) is -0.435. The maximum Gasteiger partial charge on any atom is 0.338 e. The van der Waals surface area contributed by atoms with Gasteiger partial charge in [-0.25, -0.2) is 18.2 Å². The first-order chi connectivity index (χ1) is 12.5. The van der Waals surface area contributed by atoms with Crippen molar-refractivity contribution in [2.24, 2.45) is 0 Å². The standard InChI is InChI=1S/C18H23N3O4S/c1-2-12-25-18(22)15-5-7-17(8-6-15)26(23,24)21-10-3-4-16(21)13-20-11-9-19-14-20/h5-9,11,14,16H,2-4,10,12-13H2,1H3/t16-/m1/s1. The van der Waals surface area contributed by atoms with Gasteiger partial charge in [-0.3, -0.25) is 0 Å². The average Bonchev–Trinajstić information content (AvgIpc) is 3.32. The number of esters is 1. The van der Waals surface area contributed by atoms with E-state index in [4.69, 9.17) is 4.74 Å². The van der Waals surface area contributed by atoms with Crippen LogP contribution in [0.3, 0.4) is 0 Å².